The summed E-state index contributed by atoms with van der Waals surface area (Å²) in [5.74, 6) is 1.81. The van der Waals surface area contributed by atoms with Crippen molar-refractivity contribution in [2.24, 2.45) is 0 Å². The van der Waals surface area contributed by atoms with Crippen LogP contribution in [0.4, 0.5) is 0 Å². The molecule has 0 bridgehead atoms. The number of rotatable bonds is 4. The Balaban J connectivity index is 1.16. The Labute approximate surface area is 252 Å². The lowest BCUT2D eigenvalue weighted by Gasteiger charge is -2.09. The second-order valence-corrected chi connectivity index (χ2v) is 10.8. The largest absolute Gasteiger partial charge is 0.456 e. The van der Waals surface area contributed by atoms with Gasteiger partial charge in [0.2, 0.25) is 0 Å². The lowest BCUT2D eigenvalue weighted by Crippen LogP contribution is -2.00. The average molecular weight is 566 g/mol. The first-order valence-electron chi connectivity index (χ1n) is 14.5. The maximum absolute atomic E-state index is 6.29. The van der Waals surface area contributed by atoms with Crippen LogP contribution in [0.2, 0.25) is 0 Å². The Morgan fingerprint density at radius 2 is 0.864 bits per heavy atom. The van der Waals surface area contributed by atoms with Gasteiger partial charge in [-0.15, -0.1) is 0 Å². The van der Waals surface area contributed by atoms with Gasteiger partial charge in [-0.3, -0.25) is 0 Å². The third kappa shape index (κ3) is 3.98. The highest BCUT2D eigenvalue weighted by atomic mass is 16.3. The van der Waals surface area contributed by atoms with Gasteiger partial charge in [0.05, 0.1) is 0 Å². The summed E-state index contributed by atoms with van der Waals surface area (Å²) in [7, 11) is 0. The number of para-hydroxylation sites is 3. The lowest BCUT2D eigenvalue weighted by molar-refractivity contribution is 0.669. The SMILES string of the molecule is c1ccc(-c2nc(-c3ccc(-c4cccc5c4oc4ccccc45)cc3)nc(-c3ccc4c(c3)oc3ccccc34)n2)cc1. The molecule has 0 N–H and O–H groups in total. The van der Waals surface area contributed by atoms with Gasteiger partial charge in [-0.05, 0) is 29.8 Å². The summed E-state index contributed by atoms with van der Waals surface area (Å²) in [6.07, 6.45) is 0. The van der Waals surface area contributed by atoms with Gasteiger partial charge >= 0.3 is 0 Å². The molecule has 0 saturated heterocycles. The van der Waals surface area contributed by atoms with Crippen molar-refractivity contribution in [1.82, 2.24) is 15.0 Å². The minimum Gasteiger partial charge on any atom is -0.456 e. The van der Waals surface area contributed by atoms with E-state index in [2.05, 4.69) is 66.7 Å². The molecule has 44 heavy (non-hydrogen) atoms. The molecule has 9 aromatic rings. The maximum Gasteiger partial charge on any atom is 0.164 e. The van der Waals surface area contributed by atoms with Gasteiger partial charge in [0.25, 0.3) is 0 Å². The maximum atomic E-state index is 6.29. The predicted octanol–water partition coefficient (Wildman–Crippen LogP) is 10.3. The molecule has 9 rings (SSSR count). The van der Waals surface area contributed by atoms with Gasteiger partial charge in [0.15, 0.2) is 17.5 Å². The normalized spacial score (nSPS) is 11.6. The van der Waals surface area contributed by atoms with Crippen molar-refractivity contribution in [2.75, 3.05) is 0 Å². The molecule has 6 aromatic carbocycles. The van der Waals surface area contributed by atoms with Crippen LogP contribution in [-0.4, -0.2) is 15.0 Å². The third-order valence-corrected chi connectivity index (χ3v) is 8.16. The van der Waals surface area contributed by atoms with E-state index in [0.29, 0.717) is 17.5 Å². The van der Waals surface area contributed by atoms with Crippen molar-refractivity contribution in [3.63, 3.8) is 0 Å². The summed E-state index contributed by atoms with van der Waals surface area (Å²) in [6, 6.07) is 47.0. The zero-order valence-corrected chi connectivity index (χ0v) is 23.4. The fourth-order valence-corrected chi connectivity index (χ4v) is 5.99. The highest BCUT2D eigenvalue weighted by Gasteiger charge is 2.16. The summed E-state index contributed by atoms with van der Waals surface area (Å²) < 4.78 is 12.5. The van der Waals surface area contributed by atoms with E-state index in [-0.39, 0.29) is 0 Å². The van der Waals surface area contributed by atoms with Gasteiger partial charge in [-0.2, -0.15) is 0 Å². The Hall–Kier alpha value is -6.07. The van der Waals surface area contributed by atoms with E-state index in [9.17, 15) is 0 Å². The lowest BCUT2D eigenvalue weighted by atomic mass is 10.0. The van der Waals surface area contributed by atoms with Crippen molar-refractivity contribution in [3.8, 4) is 45.3 Å². The fraction of sp³-hybridized carbons (Fsp3) is 0. The first-order valence-corrected chi connectivity index (χ1v) is 14.5. The number of furan rings is 2. The highest BCUT2D eigenvalue weighted by Crippen LogP contribution is 2.37. The van der Waals surface area contributed by atoms with E-state index in [1.165, 1.54) is 0 Å². The van der Waals surface area contributed by atoms with E-state index < -0.39 is 0 Å². The monoisotopic (exact) mass is 565 g/mol. The molecule has 0 spiro atoms. The van der Waals surface area contributed by atoms with Crippen LogP contribution in [0.25, 0.3) is 89.2 Å². The zero-order valence-electron chi connectivity index (χ0n) is 23.4. The van der Waals surface area contributed by atoms with Gasteiger partial charge in [-0.25, -0.2) is 15.0 Å². The molecule has 0 aliphatic carbocycles. The molecule has 3 heterocycles. The van der Waals surface area contributed by atoms with Crippen LogP contribution in [0.3, 0.4) is 0 Å². The van der Waals surface area contributed by atoms with Crippen LogP contribution in [-0.2, 0) is 0 Å². The Kier molecular flexibility index (Phi) is 5.43. The van der Waals surface area contributed by atoms with E-state index in [1.807, 2.05) is 72.8 Å². The minimum atomic E-state index is 0.590. The van der Waals surface area contributed by atoms with Crippen molar-refractivity contribution in [2.45, 2.75) is 0 Å². The topological polar surface area (TPSA) is 65.0 Å². The molecule has 5 nitrogen and oxygen atoms in total. The van der Waals surface area contributed by atoms with Crippen molar-refractivity contribution in [3.05, 3.63) is 140 Å². The zero-order chi connectivity index (χ0) is 29.0. The van der Waals surface area contributed by atoms with E-state index in [1.54, 1.807) is 0 Å². The van der Waals surface area contributed by atoms with E-state index in [0.717, 1.165) is 71.7 Å². The molecule has 0 radical (unpaired) electrons. The number of fused-ring (bicyclic) bond motifs is 6. The van der Waals surface area contributed by atoms with Crippen LogP contribution in [0.15, 0.2) is 148 Å². The number of benzene rings is 6. The van der Waals surface area contributed by atoms with Crippen molar-refractivity contribution >= 4 is 43.9 Å². The number of aromatic nitrogens is 3. The predicted molar refractivity (Wildman–Crippen MR) is 176 cm³/mol. The molecule has 3 aromatic heterocycles. The summed E-state index contributed by atoms with van der Waals surface area (Å²) in [6.45, 7) is 0. The van der Waals surface area contributed by atoms with Crippen LogP contribution < -0.4 is 0 Å². The molecule has 0 aliphatic rings. The van der Waals surface area contributed by atoms with Gasteiger partial charge in [-0.1, -0.05) is 115 Å². The summed E-state index contributed by atoms with van der Waals surface area (Å²) in [4.78, 5) is 14.8. The molecule has 0 unspecified atom stereocenters. The first kappa shape index (κ1) is 24.5. The van der Waals surface area contributed by atoms with Crippen LogP contribution in [0.1, 0.15) is 0 Å². The van der Waals surface area contributed by atoms with Gasteiger partial charge < -0.3 is 8.83 Å². The van der Waals surface area contributed by atoms with Crippen LogP contribution >= 0.6 is 0 Å². The molecular weight excluding hydrogens is 542 g/mol. The molecule has 0 atom stereocenters. The molecule has 0 fully saturated rings. The first-order chi connectivity index (χ1) is 21.8. The fourth-order valence-electron chi connectivity index (χ4n) is 5.99. The number of nitrogens with zero attached hydrogens (tertiary/aromatic N) is 3. The summed E-state index contributed by atoms with van der Waals surface area (Å²) in [5.41, 5.74) is 8.24. The standard InChI is InChI=1S/C39H23N3O2/c1-2-9-25(10-3-1)37-40-38(42-39(41-37)27-21-22-31-29-11-4-6-15-33(29)43-35(31)23-27)26-19-17-24(18-20-26)28-13-8-14-32-30-12-5-7-16-34(30)44-36(28)32/h1-23H. The van der Waals surface area contributed by atoms with E-state index in [4.69, 9.17) is 23.8 Å². The average Bonchev–Trinajstić information content (AvgIpc) is 3.67. The number of hydrogen-bond acceptors (Lipinski definition) is 5. The highest BCUT2D eigenvalue weighted by molar-refractivity contribution is 6.09. The Morgan fingerprint density at radius 1 is 0.341 bits per heavy atom. The van der Waals surface area contributed by atoms with Gasteiger partial charge in [0.1, 0.15) is 22.3 Å². The second-order valence-electron chi connectivity index (χ2n) is 10.8. The molecule has 206 valence electrons. The van der Waals surface area contributed by atoms with Gasteiger partial charge in [0, 0.05) is 43.8 Å². The van der Waals surface area contributed by atoms with E-state index >= 15 is 0 Å². The van der Waals surface area contributed by atoms with Crippen LogP contribution in [0.5, 0.6) is 0 Å². The molecule has 0 aliphatic heterocycles. The molecule has 5 heteroatoms. The third-order valence-electron chi connectivity index (χ3n) is 8.16. The Morgan fingerprint density at radius 3 is 1.61 bits per heavy atom. The smallest absolute Gasteiger partial charge is 0.164 e. The summed E-state index contributed by atoms with van der Waals surface area (Å²) >= 11 is 0. The molecule has 0 saturated carbocycles. The molecule has 0 amide bonds. The summed E-state index contributed by atoms with van der Waals surface area (Å²) in [5, 5.41) is 4.39. The van der Waals surface area contributed by atoms with Crippen molar-refractivity contribution < 1.29 is 8.83 Å². The number of hydrogen-bond donors (Lipinski definition) is 0. The Bertz CT molecular complexity index is 2490. The minimum absolute atomic E-state index is 0.590. The van der Waals surface area contributed by atoms with Crippen molar-refractivity contribution in [1.29, 1.82) is 0 Å². The second kappa shape index (κ2) is 9.75. The quantitative estimate of drug-likeness (QED) is 0.212. The van der Waals surface area contributed by atoms with Crippen LogP contribution in [0, 0.1) is 0 Å². The molecular formula is C39H23N3O2.